The summed E-state index contributed by atoms with van der Waals surface area (Å²) in [6, 6.07) is 7.42. The molecule has 3 rings (SSSR count). The Morgan fingerprint density at radius 1 is 1.29 bits per heavy atom. The van der Waals surface area contributed by atoms with Crippen LogP contribution in [0.25, 0.3) is 11.1 Å². The number of carbonyl (C=O) groups excluding carboxylic acids is 2. The standard InChI is InChI=1S/C25H33FN4O4/c1-16-12-30(17(2)15-31)25(33)20-10-18(19-8-6-7-9-21(19)26)11-27-24(20)34-22(16)13-29(5)23(32)14-28(3)4/h6-11,16-17,22,31H,12-15H2,1-5H3/t16-,17+,22-/m1/s1. The summed E-state index contributed by atoms with van der Waals surface area (Å²) in [5, 5.41) is 9.79. The van der Waals surface area contributed by atoms with E-state index in [9.17, 15) is 19.1 Å². The van der Waals surface area contributed by atoms with Gasteiger partial charge in [-0.2, -0.15) is 0 Å². The van der Waals surface area contributed by atoms with Crippen molar-refractivity contribution in [2.75, 3.05) is 47.4 Å². The number of nitrogens with zero attached hydrogens (tertiary/aromatic N) is 4. The fourth-order valence-electron chi connectivity index (χ4n) is 3.93. The SMILES string of the molecule is C[C@@H]1CN([C@@H](C)CO)C(=O)c2cc(-c3ccccc3F)cnc2O[C@@H]1CN(C)C(=O)CN(C)C. The number of hydrogen-bond acceptors (Lipinski definition) is 6. The summed E-state index contributed by atoms with van der Waals surface area (Å²) in [4.78, 5) is 35.4. The highest BCUT2D eigenvalue weighted by Gasteiger charge is 2.35. The molecular weight excluding hydrogens is 439 g/mol. The number of carbonyl (C=O) groups is 2. The van der Waals surface area contributed by atoms with Crippen molar-refractivity contribution in [3.05, 3.63) is 47.9 Å². The van der Waals surface area contributed by atoms with Crippen LogP contribution in [0.2, 0.25) is 0 Å². The normalized spacial score (nSPS) is 19.2. The Balaban J connectivity index is 2.00. The first-order chi connectivity index (χ1) is 16.1. The number of fused-ring (bicyclic) bond motifs is 1. The highest BCUT2D eigenvalue weighted by atomic mass is 19.1. The van der Waals surface area contributed by atoms with Gasteiger partial charge < -0.3 is 24.5 Å². The number of pyridine rings is 1. The van der Waals surface area contributed by atoms with Crippen LogP contribution in [0.4, 0.5) is 4.39 Å². The molecule has 9 heteroatoms. The summed E-state index contributed by atoms with van der Waals surface area (Å²) < 4.78 is 20.6. The topological polar surface area (TPSA) is 86.2 Å². The largest absolute Gasteiger partial charge is 0.472 e. The van der Waals surface area contributed by atoms with Crippen LogP contribution in [0.5, 0.6) is 5.88 Å². The van der Waals surface area contributed by atoms with Crippen LogP contribution in [0.1, 0.15) is 24.2 Å². The first-order valence-electron chi connectivity index (χ1n) is 11.3. The summed E-state index contributed by atoms with van der Waals surface area (Å²) in [5.41, 5.74) is 0.974. The molecule has 1 aliphatic heterocycles. The van der Waals surface area contributed by atoms with Crippen molar-refractivity contribution in [2.24, 2.45) is 5.92 Å². The van der Waals surface area contributed by atoms with Crippen molar-refractivity contribution in [3.8, 4) is 17.0 Å². The van der Waals surface area contributed by atoms with E-state index in [0.717, 1.165) is 0 Å². The van der Waals surface area contributed by atoms with Gasteiger partial charge >= 0.3 is 0 Å². The minimum atomic E-state index is -0.442. The van der Waals surface area contributed by atoms with Gasteiger partial charge in [0, 0.05) is 36.8 Å². The Bertz CT molecular complexity index is 1030. The lowest BCUT2D eigenvalue weighted by atomic mass is 9.99. The molecule has 8 nitrogen and oxygen atoms in total. The van der Waals surface area contributed by atoms with E-state index in [0.29, 0.717) is 24.2 Å². The van der Waals surface area contributed by atoms with E-state index < -0.39 is 18.0 Å². The molecule has 1 aromatic carbocycles. The van der Waals surface area contributed by atoms with E-state index in [1.165, 1.54) is 12.3 Å². The highest BCUT2D eigenvalue weighted by Crippen LogP contribution is 2.31. The number of benzene rings is 1. The number of likely N-dealkylation sites (N-methyl/N-ethyl adjacent to an activating group) is 2. The van der Waals surface area contributed by atoms with Crippen LogP contribution in [-0.2, 0) is 4.79 Å². The van der Waals surface area contributed by atoms with Gasteiger partial charge in [-0.15, -0.1) is 0 Å². The zero-order valence-electron chi connectivity index (χ0n) is 20.4. The number of rotatable bonds is 7. The van der Waals surface area contributed by atoms with E-state index in [1.54, 1.807) is 52.9 Å². The summed E-state index contributed by atoms with van der Waals surface area (Å²) in [7, 11) is 5.37. The fourth-order valence-corrected chi connectivity index (χ4v) is 3.93. The first-order valence-corrected chi connectivity index (χ1v) is 11.3. The molecule has 0 fully saturated rings. The maximum atomic E-state index is 14.4. The molecule has 1 N–H and O–H groups in total. The Labute approximate surface area is 199 Å². The van der Waals surface area contributed by atoms with Crippen molar-refractivity contribution < 1.29 is 23.8 Å². The van der Waals surface area contributed by atoms with Gasteiger partial charge in [-0.25, -0.2) is 9.37 Å². The quantitative estimate of drug-likeness (QED) is 0.665. The molecule has 2 heterocycles. The van der Waals surface area contributed by atoms with Crippen molar-refractivity contribution in [3.63, 3.8) is 0 Å². The van der Waals surface area contributed by atoms with Gasteiger partial charge in [-0.1, -0.05) is 25.1 Å². The lowest BCUT2D eigenvalue weighted by Gasteiger charge is -2.37. The van der Waals surface area contributed by atoms with Crippen LogP contribution >= 0.6 is 0 Å². The molecule has 0 aliphatic carbocycles. The maximum absolute atomic E-state index is 14.4. The Morgan fingerprint density at radius 2 is 2.00 bits per heavy atom. The van der Waals surface area contributed by atoms with Gasteiger partial charge in [0.2, 0.25) is 11.8 Å². The smallest absolute Gasteiger partial charge is 0.259 e. The minimum absolute atomic E-state index is 0.0531. The van der Waals surface area contributed by atoms with Gasteiger partial charge in [-0.3, -0.25) is 9.59 Å². The van der Waals surface area contributed by atoms with Gasteiger partial charge in [0.1, 0.15) is 17.5 Å². The minimum Gasteiger partial charge on any atom is -0.472 e. The Hall–Kier alpha value is -3.04. The van der Waals surface area contributed by atoms with Crippen LogP contribution < -0.4 is 4.74 Å². The first kappa shape index (κ1) is 25.6. The van der Waals surface area contributed by atoms with E-state index in [-0.39, 0.29) is 42.3 Å². The summed E-state index contributed by atoms with van der Waals surface area (Å²) in [6.45, 7) is 4.40. The molecule has 34 heavy (non-hydrogen) atoms. The van der Waals surface area contributed by atoms with E-state index in [1.807, 2.05) is 21.0 Å². The Kier molecular flexibility index (Phi) is 8.22. The predicted octanol–water partition coefficient (Wildman–Crippen LogP) is 2.13. The van der Waals surface area contributed by atoms with Gasteiger partial charge in [0.15, 0.2) is 0 Å². The lowest BCUT2D eigenvalue weighted by Crippen LogP contribution is -2.51. The van der Waals surface area contributed by atoms with Crippen molar-refractivity contribution >= 4 is 11.8 Å². The molecule has 0 spiro atoms. The van der Waals surface area contributed by atoms with Gasteiger partial charge in [0.25, 0.3) is 5.91 Å². The lowest BCUT2D eigenvalue weighted by molar-refractivity contribution is -0.132. The third kappa shape index (κ3) is 5.71. The number of aliphatic hydroxyl groups is 1. The number of ether oxygens (including phenoxy) is 1. The molecule has 0 bridgehead atoms. The van der Waals surface area contributed by atoms with E-state index in [4.69, 9.17) is 4.74 Å². The molecule has 0 saturated carbocycles. The molecule has 0 radical (unpaired) electrons. The molecule has 184 valence electrons. The number of aliphatic hydroxyl groups excluding tert-OH is 1. The monoisotopic (exact) mass is 472 g/mol. The van der Waals surface area contributed by atoms with Crippen LogP contribution in [0.3, 0.4) is 0 Å². The number of hydrogen-bond donors (Lipinski definition) is 1. The second kappa shape index (κ2) is 10.9. The molecule has 2 amide bonds. The second-order valence-corrected chi connectivity index (χ2v) is 9.19. The van der Waals surface area contributed by atoms with Crippen molar-refractivity contribution in [1.82, 2.24) is 19.7 Å². The number of aromatic nitrogens is 1. The summed E-state index contributed by atoms with van der Waals surface area (Å²) >= 11 is 0. The van der Waals surface area contributed by atoms with Crippen LogP contribution in [0, 0.1) is 11.7 Å². The predicted molar refractivity (Wildman–Crippen MR) is 127 cm³/mol. The van der Waals surface area contributed by atoms with Gasteiger partial charge in [-0.05, 0) is 33.2 Å². The number of halogens is 1. The third-order valence-electron chi connectivity index (χ3n) is 6.04. The average Bonchev–Trinajstić information content (AvgIpc) is 2.80. The summed E-state index contributed by atoms with van der Waals surface area (Å²) in [5.74, 6) is -0.831. The zero-order chi connectivity index (χ0) is 25.0. The van der Waals surface area contributed by atoms with Crippen LogP contribution in [-0.4, -0.2) is 96.1 Å². The van der Waals surface area contributed by atoms with Crippen molar-refractivity contribution in [2.45, 2.75) is 26.0 Å². The van der Waals surface area contributed by atoms with E-state index >= 15 is 0 Å². The highest BCUT2D eigenvalue weighted by molar-refractivity contribution is 5.98. The summed E-state index contributed by atoms with van der Waals surface area (Å²) in [6.07, 6.45) is 1.04. The Morgan fingerprint density at radius 3 is 2.65 bits per heavy atom. The molecular formula is C25H33FN4O4. The second-order valence-electron chi connectivity index (χ2n) is 9.19. The molecule has 1 aromatic heterocycles. The third-order valence-corrected chi connectivity index (χ3v) is 6.04. The number of amides is 2. The van der Waals surface area contributed by atoms with E-state index in [2.05, 4.69) is 4.98 Å². The van der Waals surface area contributed by atoms with Gasteiger partial charge in [0.05, 0.1) is 25.7 Å². The fraction of sp³-hybridized carbons (Fsp3) is 0.480. The average molecular weight is 473 g/mol. The maximum Gasteiger partial charge on any atom is 0.259 e. The molecule has 3 atom stereocenters. The van der Waals surface area contributed by atoms with Crippen LogP contribution in [0.15, 0.2) is 36.5 Å². The molecule has 0 unspecified atom stereocenters. The molecule has 2 aromatic rings. The molecule has 0 saturated heterocycles. The zero-order valence-corrected chi connectivity index (χ0v) is 20.4. The molecule has 1 aliphatic rings. The van der Waals surface area contributed by atoms with Crippen molar-refractivity contribution in [1.29, 1.82) is 0 Å².